The van der Waals surface area contributed by atoms with Crippen LogP contribution in [-0.4, -0.2) is 50.9 Å². The predicted octanol–water partition coefficient (Wildman–Crippen LogP) is 3.12. The Kier molecular flexibility index (Phi) is 6.59. The molecule has 132 valence electrons. The van der Waals surface area contributed by atoms with Crippen molar-refractivity contribution < 1.29 is 18.8 Å². The fourth-order valence-electron chi connectivity index (χ4n) is 2.56. The number of rotatable bonds is 5. The summed E-state index contributed by atoms with van der Waals surface area (Å²) >= 11 is 0. The normalized spacial score (nSPS) is 22.6. The molecule has 1 saturated heterocycles. The molecule has 5 nitrogen and oxygen atoms in total. The smallest absolute Gasteiger partial charge is 0.307 e. The van der Waals surface area contributed by atoms with Crippen LogP contribution in [-0.2, 0) is 18.8 Å². The van der Waals surface area contributed by atoms with E-state index in [2.05, 4.69) is 40.4 Å². The molecule has 1 aliphatic rings. The SMILES string of the molecule is C=CC(=O)N1C[C@@H](O[Si](C)(C)C(C)(C)C)CC[C@H]1CC(=O)OC. The Balaban J connectivity index is 2.82. The van der Waals surface area contributed by atoms with Crippen molar-refractivity contribution in [1.82, 2.24) is 4.90 Å². The number of ether oxygens (including phenoxy) is 1. The maximum Gasteiger partial charge on any atom is 0.307 e. The summed E-state index contributed by atoms with van der Waals surface area (Å²) in [4.78, 5) is 25.4. The van der Waals surface area contributed by atoms with Crippen LogP contribution in [0.2, 0.25) is 18.1 Å². The monoisotopic (exact) mass is 341 g/mol. The second-order valence-electron chi connectivity index (χ2n) is 7.71. The van der Waals surface area contributed by atoms with E-state index >= 15 is 0 Å². The maximum absolute atomic E-state index is 12.2. The summed E-state index contributed by atoms with van der Waals surface area (Å²) in [5, 5.41) is 0.128. The quantitative estimate of drug-likeness (QED) is 0.438. The van der Waals surface area contributed by atoms with Gasteiger partial charge < -0.3 is 14.1 Å². The molecule has 0 N–H and O–H groups in total. The third-order valence-electron chi connectivity index (χ3n) is 5.02. The summed E-state index contributed by atoms with van der Waals surface area (Å²) in [6, 6.07) is -0.132. The zero-order valence-electron chi connectivity index (χ0n) is 15.3. The molecule has 23 heavy (non-hydrogen) atoms. The Morgan fingerprint density at radius 3 is 2.39 bits per heavy atom. The number of nitrogens with zero attached hydrogens (tertiary/aromatic N) is 1. The molecule has 0 spiro atoms. The van der Waals surface area contributed by atoms with Gasteiger partial charge >= 0.3 is 5.97 Å². The molecule has 1 heterocycles. The van der Waals surface area contributed by atoms with Gasteiger partial charge in [0.25, 0.3) is 0 Å². The first kappa shape index (κ1) is 19.9. The van der Waals surface area contributed by atoms with Crippen LogP contribution in [0.1, 0.15) is 40.0 Å². The summed E-state index contributed by atoms with van der Waals surface area (Å²) in [5.74, 6) is -0.442. The van der Waals surface area contributed by atoms with Gasteiger partial charge in [0.2, 0.25) is 5.91 Å². The second kappa shape index (κ2) is 7.62. The van der Waals surface area contributed by atoms with E-state index in [0.717, 1.165) is 12.8 Å². The van der Waals surface area contributed by atoms with Gasteiger partial charge in [0.05, 0.1) is 19.6 Å². The number of piperidine rings is 1. The third-order valence-corrected chi connectivity index (χ3v) is 9.55. The average Bonchev–Trinajstić information content (AvgIpc) is 2.46. The highest BCUT2D eigenvalue weighted by Crippen LogP contribution is 2.38. The van der Waals surface area contributed by atoms with E-state index in [9.17, 15) is 9.59 Å². The summed E-state index contributed by atoms with van der Waals surface area (Å²) in [6.45, 7) is 15.1. The van der Waals surface area contributed by atoms with E-state index in [1.165, 1.54) is 13.2 Å². The number of hydrogen-bond donors (Lipinski definition) is 0. The Morgan fingerprint density at radius 1 is 1.30 bits per heavy atom. The number of methoxy groups -OCH3 is 1. The molecule has 0 aromatic rings. The third kappa shape index (κ3) is 5.17. The minimum atomic E-state index is -1.88. The fourth-order valence-corrected chi connectivity index (χ4v) is 3.94. The van der Waals surface area contributed by atoms with Crippen molar-refractivity contribution in [2.75, 3.05) is 13.7 Å². The standard InChI is InChI=1S/C17H31NO4Si/c1-8-15(19)18-12-14(22-23(6,7)17(2,3)4)10-9-13(18)11-16(20)21-5/h8,13-14H,1,9-12H2,2-7H3/t13-,14-/m0/s1. The van der Waals surface area contributed by atoms with Crippen molar-refractivity contribution in [2.24, 2.45) is 0 Å². The van der Waals surface area contributed by atoms with Crippen LogP contribution in [0, 0.1) is 0 Å². The van der Waals surface area contributed by atoms with Gasteiger partial charge in [-0.2, -0.15) is 0 Å². The fraction of sp³-hybridized carbons (Fsp3) is 0.765. The number of esters is 1. The van der Waals surface area contributed by atoms with E-state index in [4.69, 9.17) is 9.16 Å². The van der Waals surface area contributed by atoms with Gasteiger partial charge in [0.15, 0.2) is 8.32 Å². The molecular formula is C17H31NO4Si. The van der Waals surface area contributed by atoms with E-state index < -0.39 is 8.32 Å². The highest BCUT2D eigenvalue weighted by atomic mass is 28.4. The molecule has 0 aromatic carbocycles. The van der Waals surface area contributed by atoms with Crippen LogP contribution < -0.4 is 0 Å². The van der Waals surface area contributed by atoms with Crippen molar-refractivity contribution >= 4 is 20.2 Å². The molecule has 0 aromatic heterocycles. The summed E-state index contributed by atoms with van der Waals surface area (Å²) < 4.78 is 11.2. The van der Waals surface area contributed by atoms with Crippen LogP contribution in [0.5, 0.6) is 0 Å². The van der Waals surface area contributed by atoms with Crippen LogP contribution in [0.4, 0.5) is 0 Å². The molecule has 1 fully saturated rings. The Bertz CT molecular complexity index is 456. The summed E-state index contributed by atoms with van der Waals surface area (Å²) in [7, 11) is -0.514. The highest BCUT2D eigenvalue weighted by Gasteiger charge is 2.41. The number of likely N-dealkylation sites (tertiary alicyclic amines) is 1. The van der Waals surface area contributed by atoms with E-state index in [1.54, 1.807) is 4.90 Å². The first-order valence-electron chi connectivity index (χ1n) is 8.19. The first-order chi connectivity index (χ1) is 10.5. The molecule has 1 amide bonds. The van der Waals surface area contributed by atoms with Crippen molar-refractivity contribution in [3.8, 4) is 0 Å². The Hall–Kier alpha value is -1.14. The molecule has 0 bridgehead atoms. The molecule has 6 heteroatoms. The molecule has 0 radical (unpaired) electrons. The van der Waals surface area contributed by atoms with Crippen molar-refractivity contribution in [3.05, 3.63) is 12.7 Å². The van der Waals surface area contributed by atoms with E-state index in [0.29, 0.717) is 6.54 Å². The van der Waals surface area contributed by atoms with E-state index in [-0.39, 0.29) is 35.5 Å². The largest absolute Gasteiger partial charge is 0.469 e. The zero-order chi connectivity index (χ0) is 17.8. The van der Waals surface area contributed by atoms with Crippen molar-refractivity contribution in [3.63, 3.8) is 0 Å². The zero-order valence-corrected chi connectivity index (χ0v) is 16.3. The predicted molar refractivity (Wildman–Crippen MR) is 93.6 cm³/mol. The van der Waals surface area contributed by atoms with Gasteiger partial charge in [-0.15, -0.1) is 0 Å². The van der Waals surface area contributed by atoms with Crippen LogP contribution in [0.25, 0.3) is 0 Å². The number of carbonyl (C=O) groups is 2. The summed E-state index contributed by atoms with van der Waals surface area (Å²) in [6.07, 6.45) is 3.15. The molecular weight excluding hydrogens is 310 g/mol. The maximum atomic E-state index is 12.2. The molecule has 0 unspecified atom stereocenters. The van der Waals surface area contributed by atoms with Crippen molar-refractivity contribution in [1.29, 1.82) is 0 Å². The van der Waals surface area contributed by atoms with Gasteiger partial charge in [0, 0.05) is 12.6 Å². The molecule has 0 aliphatic carbocycles. The lowest BCUT2D eigenvalue weighted by molar-refractivity contribution is -0.144. The molecule has 2 atom stereocenters. The van der Waals surface area contributed by atoms with Gasteiger partial charge in [0.1, 0.15) is 0 Å². The highest BCUT2D eigenvalue weighted by molar-refractivity contribution is 6.74. The summed E-state index contributed by atoms with van der Waals surface area (Å²) in [5.41, 5.74) is 0. The second-order valence-corrected chi connectivity index (χ2v) is 12.5. The van der Waals surface area contributed by atoms with Gasteiger partial charge in [-0.05, 0) is 37.0 Å². The lowest BCUT2D eigenvalue weighted by Crippen LogP contribution is -2.53. The Labute approximate surface area is 141 Å². The van der Waals surface area contributed by atoms with Gasteiger partial charge in [-0.25, -0.2) is 0 Å². The minimum Gasteiger partial charge on any atom is -0.469 e. The van der Waals surface area contributed by atoms with Gasteiger partial charge in [-0.1, -0.05) is 27.4 Å². The van der Waals surface area contributed by atoms with Crippen LogP contribution in [0.3, 0.4) is 0 Å². The van der Waals surface area contributed by atoms with E-state index in [1.807, 2.05) is 0 Å². The van der Waals surface area contributed by atoms with Crippen molar-refractivity contribution in [2.45, 2.75) is 70.3 Å². The lowest BCUT2D eigenvalue weighted by atomic mass is 9.97. The molecule has 1 aliphatic heterocycles. The van der Waals surface area contributed by atoms with Crippen LogP contribution in [0.15, 0.2) is 12.7 Å². The number of amides is 1. The van der Waals surface area contributed by atoms with Gasteiger partial charge in [-0.3, -0.25) is 9.59 Å². The lowest BCUT2D eigenvalue weighted by Gasteiger charge is -2.44. The minimum absolute atomic E-state index is 0.0219. The molecule has 0 saturated carbocycles. The molecule has 1 rings (SSSR count). The average molecular weight is 342 g/mol. The first-order valence-corrected chi connectivity index (χ1v) is 11.1. The topological polar surface area (TPSA) is 55.8 Å². The van der Waals surface area contributed by atoms with Crippen LogP contribution >= 0.6 is 0 Å². The Morgan fingerprint density at radius 2 is 1.91 bits per heavy atom. The number of hydrogen-bond acceptors (Lipinski definition) is 4. The number of carbonyl (C=O) groups excluding carboxylic acids is 2.